The number of hydrogen-bond donors (Lipinski definition) is 2. The van der Waals surface area contributed by atoms with E-state index in [2.05, 4.69) is 0 Å². The predicted octanol–water partition coefficient (Wildman–Crippen LogP) is 1.25. The van der Waals surface area contributed by atoms with Crippen LogP contribution in [-0.4, -0.2) is 45.2 Å². The van der Waals surface area contributed by atoms with Crippen molar-refractivity contribution < 1.29 is 29.2 Å². The predicted molar refractivity (Wildman–Crippen MR) is 89.8 cm³/mol. The molecule has 6 heteroatoms. The lowest BCUT2D eigenvalue weighted by molar-refractivity contribution is -0.161. The van der Waals surface area contributed by atoms with E-state index in [-0.39, 0.29) is 0 Å². The number of ketones is 1. The summed E-state index contributed by atoms with van der Waals surface area (Å²) >= 11 is 0. The Morgan fingerprint density at radius 1 is 0.923 bits per heavy atom. The minimum absolute atomic E-state index is 0.414. The molecule has 2 aromatic rings. The standard InChI is InChI=1S/C20H14O6/c21-14-7-8-16(23)20-18(10-9-15(22)19(14,20)26-20)24-12-5-1-3-11-4-2-6-13(25-18)17(11)12/h1-10,14,16,21,23H/t14-,16+,19-,20+/m1/s1. The number of carbonyl (C=O) groups excluding carboxylic acids is 1. The van der Waals surface area contributed by atoms with Crippen molar-refractivity contribution in [1.82, 2.24) is 0 Å². The molecule has 1 saturated heterocycles. The van der Waals surface area contributed by atoms with E-state index < -0.39 is 35.0 Å². The smallest absolute Gasteiger partial charge is 0.307 e. The summed E-state index contributed by atoms with van der Waals surface area (Å²) in [4.78, 5) is 12.6. The Hall–Kier alpha value is -2.67. The largest absolute Gasteiger partial charge is 0.445 e. The van der Waals surface area contributed by atoms with Gasteiger partial charge < -0.3 is 24.4 Å². The van der Waals surface area contributed by atoms with E-state index in [4.69, 9.17) is 14.2 Å². The summed E-state index contributed by atoms with van der Waals surface area (Å²) < 4.78 is 18.3. The molecule has 130 valence electrons. The van der Waals surface area contributed by atoms with Crippen LogP contribution in [0.1, 0.15) is 0 Å². The van der Waals surface area contributed by atoms with Gasteiger partial charge in [-0.3, -0.25) is 4.79 Å². The van der Waals surface area contributed by atoms with E-state index >= 15 is 0 Å². The fourth-order valence-corrected chi connectivity index (χ4v) is 4.63. The van der Waals surface area contributed by atoms with E-state index in [0.29, 0.717) is 11.5 Å². The number of ether oxygens (including phenoxy) is 3. The van der Waals surface area contributed by atoms with E-state index in [1.54, 1.807) is 0 Å². The number of aliphatic hydroxyl groups is 2. The van der Waals surface area contributed by atoms with Gasteiger partial charge in [0.1, 0.15) is 23.7 Å². The van der Waals surface area contributed by atoms with E-state index in [1.807, 2.05) is 36.4 Å². The zero-order chi connectivity index (χ0) is 17.7. The minimum atomic E-state index is -1.60. The van der Waals surface area contributed by atoms with Gasteiger partial charge in [-0.1, -0.05) is 36.4 Å². The summed E-state index contributed by atoms with van der Waals surface area (Å²) in [5.74, 6) is -0.839. The van der Waals surface area contributed by atoms with Crippen molar-refractivity contribution in [1.29, 1.82) is 0 Å². The normalized spacial score (nSPS) is 37.7. The SMILES string of the molecule is O=C1C=CC2(Oc3cccc4cccc(c34)O2)[C@]23O[C@]12[C@H](O)C=C[C@@H]3O. The van der Waals surface area contributed by atoms with Crippen molar-refractivity contribution in [3.05, 3.63) is 60.7 Å². The van der Waals surface area contributed by atoms with Crippen LogP contribution in [0.4, 0.5) is 0 Å². The first-order valence-corrected chi connectivity index (χ1v) is 8.42. The first kappa shape index (κ1) is 14.5. The van der Waals surface area contributed by atoms with Crippen LogP contribution >= 0.6 is 0 Å². The molecule has 6 nitrogen and oxygen atoms in total. The van der Waals surface area contributed by atoms with E-state index in [1.165, 1.54) is 24.3 Å². The maximum Gasteiger partial charge on any atom is 0.307 e. The number of benzene rings is 2. The lowest BCUT2D eigenvalue weighted by atomic mass is 9.69. The Morgan fingerprint density at radius 2 is 1.58 bits per heavy atom. The van der Waals surface area contributed by atoms with Crippen molar-refractivity contribution in [3.63, 3.8) is 0 Å². The van der Waals surface area contributed by atoms with Gasteiger partial charge in [-0.25, -0.2) is 0 Å². The molecule has 1 fully saturated rings. The summed E-state index contributed by atoms with van der Waals surface area (Å²) in [6.45, 7) is 0. The van der Waals surface area contributed by atoms with Crippen LogP contribution in [0.2, 0.25) is 0 Å². The Morgan fingerprint density at radius 3 is 2.27 bits per heavy atom. The number of aliphatic hydroxyl groups excluding tert-OH is 2. The number of epoxide rings is 1. The highest BCUT2D eigenvalue weighted by Gasteiger charge is 2.91. The molecule has 4 aliphatic rings. The van der Waals surface area contributed by atoms with E-state index in [9.17, 15) is 15.0 Å². The molecule has 0 radical (unpaired) electrons. The van der Waals surface area contributed by atoms with Crippen molar-refractivity contribution in [2.24, 2.45) is 0 Å². The molecule has 2 N–H and O–H groups in total. The van der Waals surface area contributed by atoms with Gasteiger partial charge in [-0.15, -0.1) is 0 Å². The summed E-state index contributed by atoms with van der Waals surface area (Å²) in [5.41, 5.74) is -3.15. The lowest BCUT2D eigenvalue weighted by Crippen LogP contribution is -2.68. The summed E-state index contributed by atoms with van der Waals surface area (Å²) in [7, 11) is 0. The fraction of sp³-hybridized carbons (Fsp3) is 0.250. The zero-order valence-corrected chi connectivity index (χ0v) is 13.5. The molecule has 0 saturated carbocycles. The van der Waals surface area contributed by atoms with Crippen LogP contribution < -0.4 is 9.47 Å². The van der Waals surface area contributed by atoms with Gasteiger partial charge in [0, 0.05) is 6.08 Å². The Bertz CT molecular complexity index is 1010. The van der Waals surface area contributed by atoms with E-state index in [0.717, 1.165) is 10.8 Å². The molecular weight excluding hydrogens is 336 g/mol. The maximum atomic E-state index is 12.6. The van der Waals surface area contributed by atoms with Crippen molar-refractivity contribution in [3.8, 4) is 11.5 Å². The second kappa shape index (κ2) is 4.17. The average molecular weight is 350 g/mol. The maximum absolute atomic E-state index is 12.6. The van der Waals surface area contributed by atoms with Gasteiger partial charge in [0.05, 0.1) is 5.39 Å². The van der Waals surface area contributed by atoms with Crippen molar-refractivity contribution in [2.75, 3.05) is 0 Å². The van der Waals surface area contributed by atoms with Crippen LogP contribution in [0.15, 0.2) is 60.7 Å². The Labute approximate surface area is 147 Å². The number of hydrogen-bond acceptors (Lipinski definition) is 6. The topological polar surface area (TPSA) is 88.5 Å². The third kappa shape index (κ3) is 1.30. The molecule has 0 amide bonds. The lowest BCUT2D eigenvalue weighted by Gasteiger charge is -2.45. The summed E-state index contributed by atoms with van der Waals surface area (Å²) in [6.07, 6.45) is 3.19. The van der Waals surface area contributed by atoms with Gasteiger partial charge in [-0.05, 0) is 23.6 Å². The highest BCUT2D eigenvalue weighted by atomic mass is 16.8. The minimum Gasteiger partial charge on any atom is -0.445 e. The van der Waals surface area contributed by atoms with Gasteiger partial charge in [-0.2, -0.15) is 0 Å². The molecule has 4 atom stereocenters. The zero-order valence-electron chi connectivity index (χ0n) is 13.5. The highest BCUT2D eigenvalue weighted by Crippen LogP contribution is 2.66. The molecule has 2 heterocycles. The molecule has 2 aliphatic heterocycles. The van der Waals surface area contributed by atoms with Crippen LogP contribution in [0.25, 0.3) is 10.8 Å². The van der Waals surface area contributed by atoms with Crippen LogP contribution in [0, 0.1) is 0 Å². The molecule has 0 bridgehead atoms. The average Bonchev–Trinajstić information content (AvgIpc) is 3.39. The van der Waals surface area contributed by atoms with Crippen LogP contribution in [0.5, 0.6) is 11.5 Å². The number of carbonyl (C=O) groups is 1. The molecule has 0 unspecified atom stereocenters. The Balaban J connectivity index is 1.61. The monoisotopic (exact) mass is 350 g/mol. The fourth-order valence-electron chi connectivity index (χ4n) is 4.63. The Kier molecular flexibility index (Phi) is 2.33. The van der Waals surface area contributed by atoms with Gasteiger partial charge >= 0.3 is 5.79 Å². The first-order chi connectivity index (χ1) is 12.5. The van der Waals surface area contributed by atoms with Gasteiger partial charge in [0.2, 0.25) is 11.2 Å². The summed E-state index contributed by atoms with van der Waals surface area (Å²) in [6, 6.07) is 11.2. The second-order valence-electron chi connectivity index (χ2n) is 7.03. The molecule has 2 aliphatic carbocycles. The molecule has 2 aromatic carbocycles. The van der Waals surface area contributed by atoms with Crippen molar-refractivity contribution >= 4 is 16.6 Å². The third-order valence-corrected chi connectivity index (χ3v) is 5.83. The quantitative estimate of drug-likeness (QED) is 0.549. The highest BCUT2D eigenvalue weighted by molar-refractivity contribution is 6.04. The van der Waals surface area contributed by atoms with Gasteiger partial charge in [0.25, 0.3) is 0 Å². The van der Waals surface area contributed by atoms with Gasteiger partial charge in [0.15, 0.2) is 5.78 Å². The molecule has 26 heavy (non-hydrogen) atoms. The first-order valence-electron chi connectivity index (χ1n) is 8.42. The second-order valence-corrected chi connectivity index (χ2v) is 7.03. The van der Waals surface area contributed by atoms with Crippen LogP contribution in [0.3, 0.4) is 0 Å². The molecular formula is C20H14O6. The summed E-state index contributed by atoms with van der Waals surface area (Å²) in [5, 5.41) is 23.0. The number of rotatable bonds is 0. The molecule has 6 rings (SSSR count). The molecule has 1 spiro atoms. The molecule has 0 aromatic heterocycles. The van der Waals surface area contributed by atoms with Crippen LogP contribution in [-0.2, 0) is 9.53 Å². The third-order valence-electron chi connectivity index (χ3n) is 5.83. The van der Waals surface area contributed by atoms with Crippen molar-refractivity contribution in [2.45, 2.75) is 29.2 Å².